The summed E-state index contributed by atoms with van der Waals surface area (Å²) in [5, 5.41) is 9.74. The fourth-order valence-electron chi connectivity index (χ4n) is 3.19. The van der Waals surface area contributed by atoms with Crippen LogP contribution in [-0.4, -0.2) is 63.9 Å². The van der Waals surface area contributed by atoms with Crippen LogP contribution in [0.3, 0.4) is 0 Å². The molecule has 6 nitrogen and oxygen atoms in total. The van der Waals surface area contributed by atoms with Crippen LogP contribution >= 0.6 is 0 Å². The highest BCUT2D eigenvalue weighted by Crippen LogP contribution is 2.40. The molecule has 1 saturated heterocycles. The minimum atomic E-state index is -0.317. The first-order valence-electron chi connectivity index (χ1n) is 8.34. The van der Waals surface area contributed by atoms with Crippen LogP contribution in [0.4, 0.5) is 0 Å². The van der Waals surface area contributed by atoms with Crippen molar-refractivity contribution in [3.05, 3.63) is 17.7 Å². The molecule has 0 aliphatic carbocycles. The quantitative estimate of drug-likeness (QED) is 0.763. The number of nitriles is 1. The molecule has 1 heterocycles. The lowest BCUT2D eigenvalue weighted by atomic mass is 10.0. The Morgan fingerprint density at radius 2 is 1.62 bits per heavy atom. The molecule has 1 aliphatic rings. The lowest BCUT2D eigenvalue weighted by Gasteiger charge is -2.37. The van der Waals surface area contributed by atoms with Crippen LogP contribution in [0.2, 0.25) is 0 Å². The van der Waals surface area contributed by atoms with Crippen LogP contribution in [0.15, 0.2) is 12.1 Å². The zero-order valence-corrected chi connectivity index (χ0v) is 15.0. The Morgan fingerprint density at radius 1 is 1.04 bits per heavy atom. The zero-order valence-electron chi connectivity index (χ0n) is 15.0. The van der Waals surface area contributed by atoms with Crippen molar-refractivity contribution in [2.24, 2.45) is 0 Å². The molecule has 0 amide bonds. The lowest BCUT2D eigenvalue weighted by Crippen LogP contribution is -2.47. The summed E-state index contributed by atoms with van der Waals surface area (Å²) in [6.45, 7) is 7.08. The van der Waals surface area contributed by atoms with Gasteiger partial charge in [-0.1, -0.05) is 6.92 Å². The summed E-state index contributed by atoms with van der Waals surface area (Å²) in [5.41, 5.74) is 0.871. The Hall–Kier alpha value is -1.97. The Labute approximate surface area is 144 Å². The van der Waals surface area contributed by atoms with E-state index in [-0.39, 0.29) is 6.04 Å². The largest absolute Gasteiger partial charge is 0.493 e. The predicted molar refractivity (Wildman–Crippen MR) is 92.8 cm³/mol. The number of hydrogen-bond acceptors (Lipinski definition) is 6. The Kier molecular flexibility index (Phi) is 6.71. The lowest BCUT2D eigenvalue weighted by molar-refractivity contribution is 0.114. The van der Waals surface area contributed by atoms with Gasteiger partial charge in [0.2, 0.25) is 5.75 Å². The van der Waals surface area contributed by atoms with Crippen molar-refractivity contribution < 1.29 is 14.2 Å². The molecule has 6 heteroatoms. The van der Waals surface area contributed by atoms with Crippen LogP contribution in [0.5, 0.6) is 17.2 Å². The number of piperazine rings is 1. The van der Waals surface area contributed by atoms with E-state index in [0.717, 1.165) is 44.7 Å². The molecule has 1 fully saturated rings. The van der Waals surface area contributed by atoms with E-state index in [4.69, 9.17) is 14.2 Å². The normalized spacial score (nSPS) is 17.1. The van der Waals surface area contributed by atoms with Gasteiger partial charge in [-0.15, -0.1) is 0 Å². The van der Waals surface area contributed by atoms with Crippen LogP contribution in [0.1, 0.15) is 24.9 Å². The van der Waals surface area contributed by atoms with E-state index in [1.54, 1.807) is 21.3 Å². The highest BCUT2D eigenvalue weighted by Gasteiger charge is 2.26. The van der Waals surface area contributed by atoms with E-state index in [9.17, 15) is 5.26 Å². The standard InChI is InChI=1S/C18H27N3O3/c1-5-6-20-7-9-21(10-8-20)15(13-19)14-11-16(22-2)18(24-4)17(12-14)23-3/h11-12,15H,5-10H2,1-4H3. The maximum atomic E-state index is 9.74. The molecule has 1 unspecified atom stereocenters. The second-order valence-corrected chi connectivity index (χ2v) is 5.87. The third kappa shape index (κ3) is 3.92. The zero-order chi connectivity index (χ0) is 17.5. The summed E-state index contributed by atoms with van der Waals surface area (Å²) in [4.78, 5) is 4.66. The molecule has 0 saturated carbocycles. The minimum Gasteiger partial charge on any atom is -0.493 e. The predicted octanol–water partition coefficient (Wildman–Crippen LogP) is 2.30. The van der Waals surface area contributed by atoms with Crippen molar-refractivity contribution in [1.82, 2.24) is 9.80 Å². The van der Waals surface area contributed by atoms with Gasteiger partial charge in [0.1, 0.15) is 6.04 Å². The van der Waals surface area contributed by atoms with Crippen LogP contribution in [0.25, 0.3) is 0 Å². The minimum absolute atomic E-state index is 0.317. The van der Waals surface area contributed by atoms with Gasteiger partial charge < -0.3 is 19.1 Å². The third-order valence-electron chi connectivity index (χ3n) is 4.44. The van der Waals surface area contributed by atoms with Crippen molar-refractivity contribution in [2.75, 3.05) is 54.1 Å². The van der Waals surface area contributed by atoms with Gasteiger partial charge in [0.25, 0.3) is 0 Å². The van der Waals surface area contributed by atoms with Gasteiger partial charge in [0, 0.05) is 26.2 Å². The Bertz CT molecular complexity index is 552. The van der Waals surface area contributed by atoms with Crippen molar-refractivity contribution in [3.63, 3.8) is 0 Å². The maximum absolute atomic E-state index is 9.74. The van der Waals surface area contributed by atoms with Gasteiger partial charge in [0.05, 0.1) is 27.4 Å². The summed E-state index contributed by atoms with van der Waals surface area (Å²) < 4.78 is 16.2. The molecule has 0 aromatic heterocycles. The average molecular weight is 333 g/mol. The first kappa shape index (κ1) is 18.4. The smallest absolute Gasteiger partial charge is 0.203 e. The van der Waals surface area contributed by atoms with Crippen LogP contribution in [0, 0.1) is 11.3 Å². The second-order valence-electron chi connectivity index (χ2n) is 5.87. The highest BCUT2D eigenvalue weighted by atomic mass is 16.5. The van der Waals surface area contributed by atoms with Crippen LogP contribution < -0.4 is 14.2 Å². The van der Waals surface area contributed by atoms with Gasteiger partial charge >= 0.3 is 0 Å². The molecule has 0 N–H and O–H groups in total. The molecule has 1 aromatic rings. The van der Waals surface area contributed by atoms with Crippen molar-refractivity contribution in [2.45, 2.75) is 19.4 Å². The van der Waals surface area contributed by atoms with Crippen LogP contribution in [-0.2, 0) is 0 Å². The Balaban J connectivity index is 2.23. The van der Waals surface area contributed by atoms with E-state index < -0.39 is 0 Å². The van der Waals surface area contributed by atoms with E-state index >= 15 is 0 Å². The van der Waals surface area contributed by atoms with Gasteiger partial charge in [-0.25, -0.2) is 0 Å². The number of rotatable bonds is 7. The molecule has 132 valence electrons. The first-order valence-corrected chi connectivity index (χ1v) is 8.34. The molecule has 1 aliphatic heterocycles. The summed E-state index contributed by atoms with van der Waals surface area (Å²) in [7, 11) is 4.76. The molecule has 1 aromatic carbocycles. The van der Waals surface area contributed by atoms with E-state index in [1.807, 2.05) is 12.1 Å². The van der Waals surface area contributed by atoms with Crippen molar-refractivity contribution >= 4 is 0 Å². The number of methoxy groups -OCH3 is 3. The average Bonchev–Trinajstić information content (AvgIpc) is 2.63. The van der Waals surface area contributed by atoms with Crippen molar-refractivity contribution in [3.8, 4) is 23.3 Å². The molecular weight excluding hydrogens is 306 g/mol. The third-order valence-corrected chi connectivity index (χ3v) is 4.44. The fraction of sp³-hybridized carbons (Fsp3) is 0.611. The second kappa shape index (κ2) is 8.76. The van der Waals surface area contributed by atoms with Gasteiger partial charge in [-0.2, -0.15) is 5.26 Å². The van der Waals surface area contributed by atoms with Crippen molar-refractivity contribution in [1.29, 1.82) is 5.26 Å². The summed E-state index contributed by atoms with van der Waals surface area (Å²) in [6.07, 6.45) is 1.16. The first-order chi connectivity index (χ1) is 11.7. The molecular formula is C18H27N3O3. The molecule has 1 atom stereocenters. The number of benzene rings is 1. The SMILES string of the molecule is CCCN1CCN(C(C#N)c2cc(OC)c(OC)c(OC)c2)CC1. The van der Waals surface area contributed by atoms with E-state index in [0.29, 0.717) is 17.2 Å². The summed E-state index contributed by atoms with van der Waals surface area (Å²) in [6, 6.07) is 5.85. The summed E-state index contributed by atoms with van der Waals surface area (Å²) >= 11 is 0. The van der Waals surface area contributed by atoms with E-state index in [2.05, 4.69) is 22.8 Å². The number of ether oxygens (including phenoxy) is 3. The fourth-order valence-corrected chi connectivity index (χ4v) is 3.19. The highest BCUT2D eigenvalue weighted by molar-refractivity contribution is 5.55. The van der Waals surface area contributed by atoms with Gasteiger partial charge in [-0.05, 0) is 30.7 Å². The van der Waals surface area contributed by atoms with E-state index in [1.165, 1.54) is 0 Å². The molecule has 0 radical (unpaired) electrons. The number of hydrogen-bond donors (Lipinski definition) is 0. The molecule has 0 spiro atoms. The molecule has 24 heavy (non-hydrogen) atoms. The molecule has 0 bridgehead atoms. The molecule has 2 rings (SSSR count). The topological polar surface area (TPSA) is 58.0 Å². The maximum Gasteiger partial charge on any atom is 0.203 e. The number of nitrogens with zero attached hydrogens (tertiary/aromatic N) is 3. The summed E-state index contributed by atoms with van der Waals surface area (Å²) in [5.74, 6) is 1.71. The van der Waals surface area contributed by atoms with Gasteiger partial charge in [0.15, 0.2) is 11.5 Å². The van der Waals surface area contributed by atoms with Gasteiger partial charge in [-0.3, -0.25) is 4.90 Å². The Morgan fingerprint density at radius 3 is 2.04 bits per heavy atom. The monoisotopic (exact) mass is 333 g/mol.